The number of methoxy groups -OCH3 is 1. The fourth-order valence-corrected chi connectivity index (χ4v) is 3.18. The number of urea groups is 1. The predicted molar refractivity (Wildman–Crippen MR) is 100 cm³/mol. The smallest absolute Gasteiger partial charge is 0.319 e. The molecule has 138 valence electrons. The van der Waals surface area contributed by atoms with Crippen LogP contribution in [-0.2, 0) is 9.53 Å². The van der Waals surface area contributed by atoms with E-state index in [1.807, 2.05) is 37.3 Å². The number of fused-ring (bicyclic) bond motifs is 1. The first-order valence-corrected chi connectivity index (χ1v) is 8.74. The van der Waals surface area contributed by atoms with E-state index in [-0.39, 0.29) is 17.9 Å². The number of anilines is 1. The van der Waals surface area contributed by atoms with Gasteiger partial charge < -0.3 is 20.3 Å². The molecule has 26 heavy (non-hydrogen) atoms. The van der Waals surface area contributed by atoms with E-state index in [9.17, 15) is 9.59 Å². The lowest BCUT2D eigenvalue weighted by atomic mass is 10.1. The van der Waals surface area contributed by atoms with Gasteiger partial charge in [0.05, 0.1) is 17.8 Å². The molecule has 1 atom stereocenters. The standard InChI is InChI=1S/C19H24N4O3/c1-13-6-7-15-16(21-13)4-3-5-17(15)22-19(25)20-11-14-10-18(24)23(12-14)8-9-26-2/h3-7,14H,8-12H2,1-2H3,(H2,20,22,25)/t14-/m1/s1. The number of pyridine rings is 1. The number of hydrogen-bond donors (Lipinski definition) is 2. The second kappa shape index (κ2) is 8.14. The summed E-state index contributed by atoms with van der Waals surface area (Å²) >= 11 is 0. The van der Waals surface area contributed by atoms with Crippen LogP contribution in [0.25, 0.3) is 10.9 Å². The van der Waals surface area contributed by atoms with Crippen LogP contribution in [0.15, 0.2) is 30.3 Å². The van der Waals surface area contributed by atoms with Gasteiger partial charge in [0.2, 0.25) is 5.91 Å². The lowest BCUT2D eigenvalue weighted by Gasteiger charge is -2.16. The normalized spacial score (nSPS) is 16.9. The van der Waals surface area contributed by atoms with Gasteiger partial charge in [0, 0.05) is 50.2 Å². The highest BCUT2D eigenvalue weighted by Crippen LogP contribution is 2.22. The molecule has 3 amide bonds. The van der Waals surface area contributed by atoms with E-state index in [2.05, 4.69) is 15.6 Å². The van der Waals surface area contributed by atoms with Gasteiger partial charge >= 0.3 is 6.03 Å². The fraction of sp³-hybridized carbons (Fsp3) is 0.421. The number of carbonyl (C=O) groups excluding carboxylic acids is 2. The second-order valence-corrected chi connectivity index (χ2v) is 6.56. The minimum atomic E-state index is -0.277. The molecule has 1 aromatic carbocycles. The number of rotatable bonds is 6. The van der Waals surface area contributed by atoms with Crippen LogP contribution in [0.3, 0.4) is 0 Å². The first kappa shape index (κ1) is 18.1. The zero-order chi connectivity index (χ0) is 18.5. The number of nitrogens with zero attached hydrogens (tertiary/aromatic N) is 2. The molecule has 7 nitrogen and oxygen atoms in total. The molecule has 3 rings (SSSR count). The molecule has 1 aliphatic rings. The number of benzene rings is 1. The molecule has 2 N–H and O–H groups in total. The summed E-state index contributed by atoms with van der Waals surface area (Å²) in [5, 5.41) is 6.64. The summed E-state index contributed by atoms with van der Waals surface area (Å²) in [6, 6.07) is 9.24. The van der Waals surface area contributed by atoms with Gasteiger partial charge in [0.25, 0.3) is 0 Å². The molecule has 1 fully saturated rings. The van der Waals surface area contributed by atoms with Gasteiger partial charge in [-0.15, -0.1) is 0 Å². The molecule has 1 aliphatic heterocycles. The lowest BCUT2D eigenvalue weighted by molar-refractivity contribution is -0.128. The van der Waals surface area contributed by atoms with Crippen molar-refractivity contribution >= 4 is 28.5 Å². The van der Waals surface area contributed by atoms with Gasteiger partial charge in [-0.2, -0.15) is 0 Å². The third kappa shape index (κ3) is 4.29. The van der Waals surface area contributed by atoms with Crippen molar-refractivity contribution in [3.63, 3.8) is 0 Å². The Morgan fingerprint density at radius 1 is 1.35 bits per heavy atom. The number of hydrogen-bond acceptors (Lipinski definition) is 4. The van der Waals surface area contributed by atoms with Gasteiger partial charge in [0.15, 0.2) is 0 Å². The Morgan fingerprint density at radius 3 is 3.00 bits per heavy atom. The van der Waals surface area contributed by atoms with Crippen LogP contribution in [-0.4, -0.2) is 55.2 Å². The minimum Gasteiger partial charge on any atom is -0.383 e. The van der Waals surface area contributed by atoms with E-state index >= 15 is 0 Å². The van der Waals surface area contributed by atoms with Crippen LogP contribution in [0.2, 0.25) is 0 Å². The van der Waals surface area contributed by atoms with Gasteiger partial charge in [-0.1, -0.05) is 6.07 Å². The molecular weight excluding hydrogens is 332 g/mol. The average Bonchev–Trinajstić information content (AvgIpc) is 2.98. The number of aromatic nitrogens is 1. The van der Waals surface area contributed by atoms with Gasteiger partial charge in [0.1, 0.15) is 0 Å². The molecule has 1 saturated heterocycles. The number of likely N-dealkylation sites (tertiary alicyclic amines) is 1. The van der Waals surface area contributed by atoms with Gasteiger partial charge in [-0.25, -0.2) is 4.79 Å². The Labute approximate surface area is 152 Å². The monoisotopic (exact) mass is 356 g/mol. The summed E-state index contributed by atoms with van der Waals surface area (Å²) in [6.07, 6.45) is 0.460. The summed E-state index contributed by atoms with van der Waals surface area (Å²) in [5.41, 5.74) is 2.50. The van der Waals surface area contributed by atoms with Crippen molar-refractivity contribution in [1.82, 2.24) is 15.2 Å². The van der Waals surface area contributed by atoms with Crippen molar-refractivity contribution in [2.24, 2.45) is 5.92 Å². The van der Waals surface area contributed by atoms with Crippen LogP contribution in [0.5, 0.6) is 0 Å². The Kier molecular flexibility index (Phi) is 5.68. The number of carbonyl (C=O) groups is 2. The van der Waals surface area contributed by atoms with Gasteiger partial charge in [-0.3, -0.25) is 9.78 Å². The molecule has 7 heteroatoms. The molecule has 2 aromatic rings. The zero-order valence-corrected chi connectivity index (χ0v) is 15.1. The molecule has 0 saturated carbocycles. The second-order valence-electron chi connectivity index (χ2n) is 6.56. The van der Waals surface area contributed by atoms with Crippen molar-refractivity contribution in [3.8, 4) is 0 Å². The van der Waals surface area contributed by atoms with Crippen LogP contribution >= 0.6 is 0 Å². The highest BCUT2D eigenvalue weighted by atomic mass is 16.5. The Bertz CT molecular complexity index is 808. The minimum absolute atomic E-state index is 0.116. The number of nitrogens with one attached hydrogen (secondary N) is 2. The molecule has 0 aliphatic carbocycles. The number of ether oxygens (including phenoxy) is 1. The Hall–Kier alpha value is -2.67. The maximum absolute atomic E-state index is 12.3. The van der Waals surface area contributed by atoms with E-state index in [1.54, 1.807) is 12.0 Å². The van der Waals surface area contributed by atoms with E-state index in [1.165, 1.54) is 0 Å². The first-order valence-electron chi connectivity index (χ1n) is 8.74. The third-order valence-corrected chi connectivity index (χ3v) is 4.53. The third-order valence-electron chi connectivity index (χ3n) is 4.53. The zero-order valence-electron chi connectivity index (χ0n) is 15.1. The van der Waals surface area contributed by atoms with Gasteiger partial charge in [-0.05, 0) is 31.2 Å². The van der Waals surface area contributed by atoms with E-state index in [4.69, 9.17) is 4.74 Å². The maximum Gasteiger partial charge on any atom is 0.319 e. The van der Waals surface area contributed by atoms with E-state index in [0.717, 1.165) is 22.3 Å². The van der Waals surface area contributed by atoms with Crippen molar-refractivity contribution < 1.29 is 14.3 Å². The van der Waals surface area contributed by atoms with E-state index in [0.29, 0.717) is 32.7 Å². The summed E-state index contributed by atoms with van der Waals surface area (Å²) in [5.74, 6) is 0.242. The summed E-state index contributed by atoms with van der Waals surface area (Å²) in [4.78, 5) is 30.4. The number of aryl methyl sites for hydroxylation is 1. The van der Waals surface area contributed by atoms with Crippen LogP contribution in [0.1, 0.15) is 12.1 Å². The van der Waals surface area contributed by atoms with Crippen LogP contribution < -0.4 is 10.6 Å². The first-order chi connectivity index (χ1) is 12.6. The molecule has 2 heterocycles. The lowest BCUT2D eigenvalue weighted by Crippen LogP contribution is -2.34. The Balaban J connectivity index is 1.55. The quantitative estimate of drug-likeness (QED) is 0.831. The topological polar surface area (TPSA) is 83.6 Å². The SMILES string of the molecule is COCCN1C[C@@H](CNC(=O)Nc2cccc3nc(C)ccc23)CC1=O. The molecule has 0 radical (unpaired) electrons. The van der Waals surface area contributed by atoms with Crippen molar-refractivity contribution in [2.75, 3.05) is 38.7 Å². The fourth-order valence-electron chi connectivity index (χ4n) is 3.18. The molecule has 1 aromatic heterocycles. The van der Waals surface area contributed by atoms with Crippen molar-refractivity contribution in [2.45, 2.75) is 13.3 Å². The molecule has 0 unspecified atom stereocenters. The van der Waals surface area contributed by atoms with E-state index < -0.39 is 0 Å². The highest BCUT2D eigenvalue weighted by Gasteiger charge is 2.29. The van der Waals surface area contributed by atoms with Crippen molar-refractivity contribution in [1.29, 1.82) is 0 Å². The number of amides is 3. The average molecular weight is 356 g/mol. The molecule has 0 bridgehead atoms. The summed E-state index contributed by atoms with van der Waals surface area (Å²) in [7, 11) is 1.62. The largest absolute Gasteiger partial charge is 0.383 e. The Morgan fingerprint density at radius 2 is 2.19 bits per heavy atom. The summed E-state index contributed by atoms with van der Waals surface area (Å²) in [6.45, 7) is 4.18. The molecular formula is C19H24N4O3. The van der Waals surface area contributed by atoms with Crippen LogP contribution in [0, 0.1) is 12.8 Å². The van der Waals surface area contributed by atoms with Crippen LogP contribution in [0.4, 0.5) is 10.5 Å². The maximum atomic E-state index is 12.3. The predicted octanol–water partition coefficient (Wildman–Crippen LogP) is 2.16. The van der Waals surface area contributed by atoms with Crippen molar-refractivity contribution in [3.05, 3.63) is 36.0 Å². The highest BCUT2D eigenvalue weighted by molar-refractivity contribution is 6.00. The molecule has 0 spiro atoms. The summed E-state index contributed by atoms with van der Waals surface area (Å²) < 4.78 is 5.02.